The number of benzene rings is 2. The molecular weight excluding hydrogens is 402 g/mol. The van der Waals surface area contributed by atoms with E-state index in [0.717, 1.165) is 10.4 Å². The van der Waals surface area contributed by atoms with Gasteiger partial charge in [-0.15, -0.1) is 0 Å². The van der Waals surface area contributed by atoms with E-state index in [0.29, 0.717) is 16.9 Å². The highest BCUT2D eigenvalue weighted by atomic mass is 32.2. The maximum absolute atomic E-state index is 14.2. The van der Waals surface area contributed by atoms with Crippen molar-refractivity contribution in [3.63, 3.8) is 0 Å². The van der Waals surface area contributed by atoms with Crippen molar-refractivity contribution < 1.29 is 22.0 Å². The fraction of sp³-hybridized carbons (Fsp3) is 0.158. The lowest BCUT2D eigenvalue weighted by Gasteiger charge is -2.12. The monoisotopic (exact) mass is 420 g/mol. The lowest BCUT2D eigenvalue weighted by atomic mass is 10.1. The van der Waals surface area contributed by atoms with Gasteiger partial charge >= 0.3 is 5.92 Å². The Balaban J connectivity index is 2.16. The van der Waals surface area contributed by atoms with Crippen LogP contribution in [0, 0.1) is 0 Å². The number of primary amides is 1. The van der Waals surface area contributed by atoms with Crippen molar-refractivity contribution in [3.8, 4) is 16.9 Å². The quantitative estimate of drug-likeness (QED) is 0.662. The van der Waals surface area contributed by atoms with E-state index in [1.54, 1.807) is 30.3 Å². The molecule has 0 radical (unpaired) electrons. The van der Waals surface area contributed by atoms with Gasteiger partial charge < -0.3 is 5.73 Å². The summed E-state index contributed by atoms with van der Waals surface area (Å²) in [4.78, 5) is 11.2. The maximum atomic E-state index is 14.2. The summed E-state index contributed by atoms with van der Waals surface area (Å²) in [5.74, 6) is -5.77. The number of sulfonamides is 1. The summed E-state index contributed by atoms with van der Waals surface area (Å²) in [7, 11) is -0.835. The van der Waals surface area contributed by atoms with Crippen LogP contribution in [-0.2, 0) is 20.7 Å². The second-order valence-electron chi connectivity index (χ2n) is 6.41. The van der Waals surface area contributed by atoms with Crippen LogP contribution < -0.4 is 5.73 Å². The number of nitrogens with two attached hydrogens (primary N) is 1. The lowest BCUT2D eigenvalue weighted by Crippen LogP contribution is -2.33. The molecule has 2 N–H and O–H groups in total. The number of nitrogens with zero attached hydrogens (tertiary/aromatic N) is 3. The molecule has 0 saturated heterocycles. The molecule has 0 unspecified atom stereocenters. The molecule has 3 rings (SSSR count). The van der Waals surface area contributed by atoms with Gasteiger partial charge in [-0.05, 0) is 30.3 Å². The normalized spacial score (nSPS) is 12.3. The van der Waals surface area contributed by atoms with Crippen LogP contribution in [0.25, 0.3) is 16.9 Å². The molecule has 10 heteroatoms. The van der Waals surface area contributed by atoms with Crippen molar-refractivity contribution in [2.45, 2.75) is 10.8 Å². The molecule has 29 heavy (non-hydrogen) atoms. The first-order chi connectivity index (χ1) is 13.5. The third kappa shape index (κ3) is 3.76. The second-order valence-corrected chi connectivity index (χ2v) is 8.56. The maximum Gasteiger partial charge on any atom is 0.367 e. The van der Waals surface area contributed by atoms with E-state index in [-0.39, 0.29) is 4.90 Å². The molecule has 0 aliphatic rings. The van der Waals surface area contributed by atoms with E-state index in [1.165, 1.54) is 43.0 Å². The van der Waals surface area contributed by atoms with Gasteiger partial charge in [0.25, 0.3) is 5.91 Å². The van der Waals surface area contributed by atoms with Crippen LogP contribution in [0.2, 0.25) is 0 Å². The van der Waals surface area contributed by atoms with Crippen LogP contribution in [0.5, 0.6) is 0 Å². The van der Waals surface area contributed by atoms with E-state index >= 15 is 0 Å². The molecule has 0 spiro atoms. The Morgan fingerprint density at radius 1 is 1.07 bits per heavy atom. The molecule has 0 bridgehead atoms. The number of amides is 1. The van der Waals surface area contributed by atoms with Gasteiger partial charge in [0.1, 0.15) is 5.69 Å². The molecule has 3 aromatic rings. The average molecular weight is 420 g/mol. The first-order valence-electron chi connectivity index (χ1n) is 8.42. The third-order valence-electron chi connectivity index (χ3n) is 4.27. The molecule has 0 atom stereocenters. The minimum atomic E-state index is -3.96. The zero-order valence-electron chi connectivity index (χ0n) is 15.6. The highest BCUT2D eigenvalue weighted by molar-refractivity contribution is 7.89. The Morgan fingerprint density at radius 3 is 2.17 bits per heavy atom. The van der Waals surface area contributed by atoms with Crippen molar-refractivity contribution in [2.24, 2.45) is 5.73 Å². The number of halogens is 2. The summed E-state index contributed by atoms with van der Waals surface area (Å²) < 4.78 is 55.1. The second kappa shape index (κ2) is 7.37. The number of carbonyl (C=O) groups excluding carboxylic acids is 1. The van der Waals surface area contributed by atoms with Crippen molar-refractivity contribution in [2.75, 3.05) is 14.1 Å². The third-order valence-corrected chi connectivity index (χ3v) is 6.10. The van der Waals surface area contributed by atoms with Crippen LogP contribution in [0.15, 0.2) is 65.6 Å². The number of hydrogen-bond donors (Lipinski definition) is 1. The largest absolute Gasteiger partial charge is 0.367 e. The first kappa shape index (κ1) is 20.6. The van der Waals surface area contributed by atoms with Gasteiger partial charge in [-0.1, -0.05) is 30.3 Å². The molecule has 1 heterocycles. The molecular formula is C19H18F2N4O3S. The van der Waals surface area contributed by atoms with Gasteiger partial charge in [-0.3, -0.25) is 4.79 Å². The van der Waals surface area contributed by atoms with Gasteiger partial charge in [-0.2, -0.15) is 13.9 Å². The molecule has 0 fully saturated rings. The fourth-order valence-corrected chi connectivity index (χ4v) is 3.54. The van der Waals surface area contributed by atoms with Crippen LogP contribution in [0.4, 0.5) is 8.78 Å². The van der Waals surface area contributed by atoms with Gasteiger partial charge in [0.15, 0.2) is 0 Å². The number of hydrogen-bond acceptors (Lipinski definition) is 4. The molecule has 0 aliphatic heterocycles. The summed E-state index contributed by atoms with van der Waals surface area (Å²) >= 11 is 0. The predicted molar refractivity (Wildman–Crippen MR) is 103 cm³/mol. The average Bonchev–Trinajstić information content (AvgIpc) is 3.14. The van der Waals surface area contributed by atoms with Gasteiger partial charge in [0.2, 0.25) is 10.0 Å². The topological polar surface area (TPSA) is 98.3 Å². The lowest BCUT2D eigenvalue weighted by molar-refractivity contribution is -0.143. The van der Waals surface area contributed by atoms with Crippen LogP contribution in [0.1, 0.15) is 5.69 Å². The molecule has 0 aliphatic carbocycles. The summed E-state index contributed by atoms with van der Waals surface area (Å²) in [6.07, 6.45) is 0. The minimum Gasteiger partial charge on any atom is -0.364 e. The summed E-state index contributed by atoms with van der Waals surface area (Å²) in [6.45, 7) is 0. The first-order valence-corrected chi connectivity index (χ1v) is 9.86. The molecule has 7 nitrogen and oxygen atoms in total. The van der Waals surface area contributed by atoms with Crippen molar-refractivity contribution >= 4 is 15.9 Å². The van der Waals surface area contributed by atoms with Crippen molar-refractivity contribution in [3.05, 3.63) is 66.4 Å². The van der Waals surface area contributed by atoms with Crippen LogP contribution in [0.3, 0.4) is 0 Å². The van der Waals surface area contributed by atoms with E-state index in [9.17, 15) is 22.0 Å². The predicted octanol–water partition coefficient (Wildman–Crippen LogP) is 2.37. The Bertz CT molecular complexity index is 1140. The highest BCUT2D eigenvalue weighted by Gasteiger charge is 2.42. The Labute approximate surface area is 166 Å². The fourth-order valence-electron chi connectivity index (χ4n) is 2.64. The molecule has 1 amide bonds. The van der Waals surface area contributed by atoms with Gasteiger partial charge in [-0.25, -0.2) is 17.4 Å². The van der Waals surface area contributed by atoms with Crippen LogP contribution in [-0.4, -0.2) is 42.5 Å². The number of aromatic nitrogens is 2. The minimum absolute atomic E-state index is 0.0438. The van der Waals surface area contributed by atoms with E-state index in [1.807, 2.05) is 0 Å². The zero-order chi connectivity index (χ0) is 21.4. The van der Waals surface area contributed by atoms with Crippen molar-refractivity contribution in [1.29, 1.82) is 0 Å². The van der Waals surface area contributed by atoms with E-state index in [4.69, 9.17) is 5.73 Å². The molecule has 0 saturated carbocycles. The van der Waals surface area contributed by atoms with Crippen LogP contribution >= 0.6 is 0 Å². The summed E-state index contributed by atoms with van der Waals surface area (Å²) in [5, 5.41) is 3.88. The SMILES string of the molecule is CN(C)S(=O)(=O)c1ccc(-n2nc(C(F)(F)C(N)=O)cc2-c2ccccc2)cc1. The Morgan fingerprint density at radius 2 is 1.66 bits per heavy atom. The smallest absolute Gasteiger partial charge is 0.364 e. The molecule has 2 aromatic carbocycles. The number of alkyl halides is 2. The molecule has 152 valence electrons. The van der Waals surface area contributed by atoms with Gasteiger partial charge in [0, 0.05) is 19.7 Å². The zero-order valence-corrected chi connectivity index (χ0v) is 16.4. The van der Waals surface area contributed by atoms with Gasteiger partial charge in [0.05, 0.1) is 16.3 Å². The Hall–Kier alpha value is -3.11. The Kier molecular flexibility index (Phi) is 5.24. The van der Waals surface area contributed by atoms with E-state index < -0.39 is 27.5 Å². The summed E-state index contributed by atoms with van der Waals surface area (Å²) in [5.41, 5.74) is 5.25. The van der Waals surface area contributed by atoms with Crippen molar-refractivity contribution in [1.82, 2.24) is 14.1 Å². The van der Waals surface area contributed by atoms with E-state index in [2.05, 4.69) is 5.10 Å². The number of rotatable bonds is 6. The summed E-state index contributed by atoms with van der Waals surface area (Å²) in [6, 6.07) is 15.3. The highest BCUT2D eigenvalue weighted by Crippen LogP contribution is 2.32. The number of carbonyl (C=O) groups is 1. The molecule has 1 aromatic heterocycles. The standard InChI is InChI=1S/C19H18F2N4O3S/c1-24(2)29(27,28)15-10-8-14(9-11-15)25-16(13-6-4-3-5-7-13)12-17(23-25)19(20,21)18(22)26/h3-12H,1-2H3,(H2,22,26).